The third-order valence-electron chi connectivity index (χ3n) is 9.82. The van der Waals surface area contributed by atoms with Gasteiger partial charge in [0, 0.05) is 67.0 Å². The summed E-state index contributed by atoms with van der Waals surface area (Å²) in [5.74, 6) is -3.73. The molecule has 69 heavy (non-hydrogen) atoms. The fourth-order valence-corrected chi connectivity index (χ4v) is 7.70. The second kappa shape index (κ2) is 26.3. The quantitative estimate of drug-likeness (QED) is 0.0342. The number of esters is 2. The Morgan fingerprint density at radius 1 is 0.710 bits per heavy atom. The van der Waals surface area contributed by atoms with Crippen LogP contribution in [0.5, 0.6) is 23.0 Å². The van der Waals surface area contributed by atoms with Crippen LogP contribution in [0.1, 0.15) is 108 Å². The highest BCUT2D eigenvalue weighted by Gasteiger charge is 2.31. The number of ketones is 1. The molecule has 18 nitrogen and oxygen atoms in total. The largest absolute Gasteiger partial charge is 0.493 e. The van der Waals surface area contributed by atoms with Gasteiger partial charge in [0.25, 0.3) is 0 Å². The van der Waals surface area contributed by atoms with E-state index >= 15 is 8.78 Å². The first-order valence-electron chi connectivity index (χ1n) is 22.6. The first-order chi connectivity index (χ1) is 32.6. The zero-order valence-corrected chi connectivity index (χ0v) is 41.7. The van der Waals surface area contributed by atoms with Crippen molar-refractivity contribution in [3.63, 3.8) is 0 Å². The minimum absolute atomic E-state index is 0.0109. The maximum atomic E-state index is 15.9. The molecule has 0 saturated heterocycles. The Bertz CT molecular complexity index is 2270. The Labute approximate surface area is 404 Å². The van der Waals surface area contributed by atoms with Gasteiger partial charge < -0.3 is 58.2 Å². The molecule has 1 aromatic heterocycles. The number of thiophene rings is 1. The molecule has 1 aliphatic rings. The molecule has 4 rings (SSSR count). The van der Waals surface area contributed by atoms with E-state index in [9.17, 15) is 28.8 Å². The molecule has 2 heterocycles. The molecule has 3 aromatic rings. The Hall–Kier alpha value is -5.80. The molecule has 3 amide bonds. The van der Waals surface area contributed by atoms with Crippen molar-refractivity contribution in [1.82, 2.24) is 15.5 Å². The van der Waals surface area contributed by atoms with Crippen LogP contribution in [0.25, 0.3) is 10.1 Å². The molecule has 0 fully saturated rings. The van der Waals surface area contributed by atoms with Crippen LogP contribution in [0.2, 0.25) is 0 Å². The van der Waals surface area contributed by atoms with Gasteiger partial charge in [-0.05, 0) is 66.2 Å². The fourth-order valence-electron chi connectivity index (χ4n) is 6.65. The van der Waals surface area contributed by atoms with Crippen LogP contribution >= 0.6 is 11.3 Å². The highest BCUT2D eigenvalue weighted by atomic mass is 32.1. The molecule has 0 bridgehead atoms. The monoisotopic (exact) mass is 993 g/mol. The maximum Gasteiger partial charge on any atom is 0.407 e. The first-order valence-corrected chi connectivity index (χ1v) is 23.5. The smallest absolute Gasteiger partial charge is 0.407 e. The molecule has 1 atom stereocenters. The predicted octanol–water partition coefficient (Wildman–Crippen LogP) is 6.97. The number of ether oxygens (including phenoxy) is 9. The second-order valence-corrected chi connectivity index (χ2v) is 19.0. The number of methoxy groups -OCH3 is 2. The number of halogens is 2. The number of Topliss-reactive ketones (excluding diaryl/α,β-unsaturated/α-hetero) is 1. The van der Waals surface area contributed by atoms with Crippen molar-refractivity contribution in [3.8, 4) is 23.0 Å². The van der Waals surface area contributed by atoms with E-state index in [1.165, 1.54) is 25.2 Å². The SMILES string of the molecule is COc1cc2c(c(F)c1OCCCOc1c(OC)cc3sc(C(=O)CCC(=O)O[C@@H](C)CNC(=O)CCOCCOCCNC(=O)OC(C)(C)C)cc3c1F)CN(C(=O)CCC(=O)OC(C)(C)C)C2. The van der Waals surface area contributed by atoms with Crippen molar-refractivity contribution in [2.24, 2.45) is 0 Å². The highest BCUT2D eigenvalue weighted by Crippen LogP contribution is 2.41. The van der Waals surface area contributed by atoms with E-state index in [-0.39, 0.29) is 155 Å². The number of carbonyl (C=O) groups is 6. The molecule has 0 unspecified atom stereocenters. The summed E-state index contributed by atoms with van der Waals surface area (Å²) in [7, 11) is 2.71. The van der Waals surface area contributed by atoms with Crippen molar-refractivity contribution >= 4 is 57.1 Å². The molecular weight excluding hydrogens is 929 g/mol. The standard InChI is InChI=1S/C48H65F2N3O15S/c1-29(26-52-38(55)15-19-62-21-22-63-20-16-51-46(59)68-48(5,6)7)66-40(57)13-11-33(54)37-24-31-36(69-37)25-35(61-9)45(42(31)49)65-18-10-17-64-44-34(60-8)23-30-27-53(28-32(30)43(44)50)39(56)12-14-41(58)67-47(2,3)4/h23-25,29H,10-22,26-28H2,1-9H3,(H,51,59)(H,52,55)/t29-/m0/s1. The summed E-state index contributed by atoms with van der Waals surface area (Å²) in [6.07, 6.45) is -1.56. The Morgan fingerprint density at radius 3 is 1.99 bits per heavy atom. The molecule has 1 aliphatic heterocycles. The summed E-state index contributed by atoms with van der Waals surface area (Å²) in [5, 5.41) is 5.36. The summed E-state index contributed by atoms with van der Waals surface area (Å²) in [6.45, 7) is 13.4. The van der Waals surface area contributed by atoms with E-state index in [1.807, 2.05) is 0 Å². The molecule has 2 aromatic carbocycles. The zero-order chi connectivity index (χ0) is 50.9. The van der Waals surface area contributed by atoms with Crippen molar-refractivity contribution in [2.45, 2.75) is 117 Å². The number of benzene rings is 2. The van der Waals surface area contributed by atoms with Gasteiger partial charge in [0.1, 0.15) is 17.3 Å². The molecular formula is C48H65F2N3O15S. The third-order valence-corrected chi connectivity index (χ3v) is 10.9. The minimum atomic E-state index is -0.755. The van der Waals surface area contributed by atoms with Crippen LogP contribution in [0, 0.1) is 11.6 Å². The van der Waals surface area contributed by atoms with Gasteiger partial charge in [-0.25, -0.2) is 13.6 Å². The van der Waals surface area contributed by atoms with Gasteiger partial charge in [0.05, 0.1) is 78.1 Å². The summed E-state index contributed by atoms with van der Waals surface area (Å²) < 4.78 is 81.0. The summed E-state index contributed by atoms with van der Waals surface area (Å²) in [6, 6.07) is 4.54. The number of amides is 3. The van der Waals surface area contributed by atoms with Gasteiger partial charge in [-0.15, -0.1) is 11.3 Å². The average Bonchev–Trinajstić information content (AvgIpc) is 3.91. The molecule has 0 spiro atoms. The van der Waals surface area contributed by atoms with Crippen LogP contribution in [-0.2, 0) is 56.0 Å². The van der Waals surface area contributed by atoms with Crippen molar-refractivity contribution in [3.05, 3.63) is 45.8 Å². The predicted molar refractivity (Wildman–Crippen MR) is 249 cm³/mol. The van der Waals surface area contributed by atoms with Crippen LogP contribution in [0.4, 0.5) is 13.6 Å². The van der Waals surface area contributed by atoms with E-state index in [4.69, 9.17) is 42.6 Å². The lowest BCUT2D eigenvalue weighted by molar-refractivity contribution is -0.156. The van der Waals surface area contributed by atoms with Crippen LogP contribution in [0.15, 0.2) is 18.2 Å². The number of fused-ring (bicyclic) bond motifs is 2. The second-order valence-electron chi connectivity index (χ2n) is 17.9. The third kappa shape index (κ3) is 18.2. The number of alkyl carbamates (subject to hydrolysis) is 1. The Balaban J connectivity index is 1.16. The molecule has 21 heteroatoms. The lowest BCUT2D eigenvalue weighted by Crippen LogP contribution is -2.34. The topological polar surface area (TPSA) is 213 Å². The molecule has 0 saturated carbocycles. The van der Waals surface area contributed by atoms with E-state index in [1.54, 1.807) is 60.6 Å². The molecule has 0 aliphatic carbocycles. The summed E-state index contributed by atoms with van der Waals surface area (Å²) in [4.78, 5) is 76.1. The van der Waals surface area contributed by atoms with Crippen molar-refractivity contribution in [2.75, 3.05) is 67.0 Å². The highest BCUT2D eigenvalue weighted by molar-refractivity contribution is 7.20. The molecule has 2 N–H and O–H groups in total. The van der Waals surface area contributed by atoms with Crippen molar-refractivity contribution < 1.29 is 80.2 Å². The number of carbonyl (C=O) groups excluding carboxylic acids is 6. The normalized spacial score (nSPS) is 12.8. The van der Waals surface area contributed by atoms with E-state index < -0.39 is 52.8 Å². The number of hydrogen-bond acceptors (Lipinski definition) is 16. The fraction of sp³-hybridized carbons (Fsp3) is 0.583. The van der Waals surface area contributed by atoms with Gasteiger partial charge in [0.2, 0.25) is 11.8 Å². The number of hydrogen-bond donors (Lipinski definition) is 2. The van der Waals surface area contributed by atoms with Gasteiger partial charge in [-0.3, -0.25) is 24.0 Å². The van der Waals surface area contributed by atoms with E-state index in [0.717, 1.165) is 11.3 Å². The van der Waals surface area contributed by atoms with Crippen molar-refractivity contribution in [1.29, 1.82) is 0 Å². The lowest BCUT2D eigenvalue weighted by atomic mass is 10.1. The first kappa shape index (κ1) is 55.8. The number of rotatable bonds is 27. The Kier molecular flexibility index (Phi) is 21.2. The zero-order valence-electron chi connectivity index (χ0n) is 40.9. The van der Waals surface area contributed by atoms with E-state index in [2.05, 4.69) is 10.6 Å². The van der Waals surface area contributed by atoms with Crippen LogP contribution in [-0.4, -0.2) is 125 Å². The van der Waals surface area contributed by atoms with E-state index in [0.29, 0.717) is 10.3 Å². The maximum absolute atomic E-state index is 15.9. The van der Waals surface area contributed by atoms with Gasteiger partial charge >= 0.3 is 18.0 Å². The summed E-state index contributed by atoms with van der Waals surface area (Å²) in [5.41, 5.74) is -0.435. The molecule has 0 radical (unpaired) electrons. The Morgan fingerprint density at radius 2 is 1.33 bits per heavy atom. The van der Waals surface area contributed by atoms with Crippen LogP contribution in [0.3, 0.4) is 0 Å². The van der Waals surface area contributed by atoms with Gasteiger partial charge in [-0.1, -0.05) is 0 Å². The van der Waals surface area contributed by atoms with Crippen LogP contribution < -0.4 is 29.6 Å². The minimum Gasteiger partial charge on any atom is -0.493 e. The summed E-state index contributed by atoms with van der Waals surface area (Å²) >= 11 is 1.03. The molecule has 382 valence electrons. The number of nitrogens with zero attached hydrogens (tertiary/aromatic N) is 1. The van der Waals surface area contributed by atoms with Gasteiger partial charge in [0.15, 0.2) is 40.4 Å². The average molecular weight is 994 g/mol. The number of nitrogens with one attached hydrogen (secondary N) is 2. The lowest BCUT2D eigenvalue weighted by Gasteiger charge is -2.20. The van der Waals surface area contributed by atoms with Gasteiger partial charge in [-0.2, -0.15) is 0 Å².